The second-order valence-corrected chi connectivity index (χ2v) is 12.2. The summed E-state index contributed by atoms with van der Waals surface area (Å²) in [4.78, 5) is 38.3. The number of methoxy groups -OCH3 is 1. The van der Waals surface area contributed by atoms with E-state index in [2.05, 4.69) is 5.32 Å². The molecule has 50 heavy (non-hydrogen) atoms. The van der Waals surface area contributed by atoms with Crippen LogP contribution < -0.4 is 10.1 Å². The van der Waals surface area contributed by atoms with Gasteiger partial charge in [0.15, 0.2) is 6.10 Å². The number of halogens is 3. The van der Waals surface area contributed by atoms with Crippen molar-refractivity contribution in [2.45, 2.75) is 56.9 Å². The van der Waals surface area contributed by atoms with Gasteiger partial charge in [-0.15, -0.1) is 0 Å². The summed E-state index contributed by atoms with van der Waals surface area (Å²) in [6.45, 7) is 3.45. The maximum absolute atomic E-state index is 15.5. The van der Waals surface area contributed by atoms with Gasteiger partial charge in [-0.3, -0.25) is 4.79 Å². The molecule has 4 aromatic carbocycles. The molecule has 0 aliphatic carbocycles. The number of alkyl halides is 2. The van der Waals surface area contributed by atoms with Crippen LogP contribution in [0.15, 0.2) is 103 Å². The van der Waals surface area contributed by atoms with Crippen LogP contribution in [0.1, 0.15) is 47.1 Å². The van der Waals surface area contributed by atoms with Gasteiger partial charge < -0.3 is 29.0 Å². The fraction of sp³-hybridized carbons (Fsp3) is 0.289. The van der Waals surface area contributed by atoms with Gasteiger partial charge in [-0.1, -0.05) is 48.5 Å². The first-order chi connectivity index (χ1) is 23.8. The topological polar surface area (TPSA) is 109 Å². The second kappa shape index (κ2) is 15.1. The van der Waals surface area contributed by atoms with Crippen molar-refractivity contribution >= 4 is 17.8 Å². The van der Waals surface area contributed by atoms with Gasteiger partial charge in [0.05, 0.1) is 23.3 Å². The Labute approximate surface area is 287 Å². The number of ether oxygens (including phenoxy) is 5. The van der Waals surface area contributed by atoms with Crippen molar-refractivity contribution < 1.29 is 51.2 Å². The Hall–Kier alpha value is -5.20. The number of carbonyl (C=O) groups is 3. The van der Waals surface area contributed by atoms with E-state index in [0.717, 1.165) is 19.1 Å². The molecule has 1 saturated heterocycles. The molecule has 1 N–H and O–H groups in total. The molecule has 1 aliphatic rings. The van der Waals surface area contributed by atoms with Crippen LogP contribution in [0.4, 0.5) is 13.2 Å². The summed E-state index contributed by atoms with van der Waals surface area (Å²) in [5, 5.41) is 2.13. The van der Waals surface area contributed by atoms with Crippen LogP contribution in [0, 0.1) is 5.82 Å². The Kier molecular flexibility index (Phi) is 10.9. The zero-order valence-corrected chi connectivity index (χ0v) is 27.7. The van der Waals surface area contributed by atoms with E-state index in [0.29, 0.717) is 0 Å². The number of esters is 2. The van der Waals surface area contributed by atoms with Crippen molar-refractivity contribution in [3.05, 3.63) is 126 Å². The van der Waals surface area contributed by atoms with Gasteiger partial charge in [-0.05, 0) is 79.6 Å². The molecule has 5 rings (SSSR count). The van der Waals surface area contributed by atoms with Crippen LogP contribution >= 0.6 is 0 Å². The van der Waals surface area contributed by atoms with Crippen molar-refractivity contribution in [2.24, 2.45) is 0 Å². The van der Waals surface area contributed by atoms with Crippen LogP contribution in [-0.2, 0) is 29.7 Å². The molecule has 1 heterocycles. The van der Waals surface area contributed by atoms with Crippen molar-refractivity contribution in [1.29, 1.82) is 0 Å². The second-order valence-electron chi connectivity index (χ2n) is 12.2. The van der Waals surface area contributed by atoms with E-state index in [4.69, 9.17) is 23.7 Å². The highest BCUT2D eigenvalue weighted by atomic mass is 19.3. The molecular formula is C38H36F3NO8. The molecular weight excluding hydrogens is 655 g/mol. The van der Waals surface area contributed by atoms with Crippen molar-refractivity contribution in [3.63, 3.8) is 0 Å². The Morgan fingerprint density at radius 3 is 1.98 bits per heavy atom. The standard InChI is InChI=1S/C38H36F3NO8/c1-23(43)42-22-38(40,41)30-19-18-28(21-29(30)26-16-11-17-27(39)20-26)47-36-32(49-35(45)25-14-9-6-10-15-25)31(33(46-4)37(2,3)50-36)48-34(44)24-12-7-5-8-13-24/h5-21,31-33,36H,22H2,1-4H3,(H,42,43)/t31-,32+,33+,36+/m0/s1. The monoisotopic (exact) mass is 691 g/mol. The summed E-state index contributed by atoms with van der Waals surface area (Å²) in [5.41, 5.74) is -1.28. The molecule has 0 radical (unpaired) electrons. The molecule has 262 valence electrons. The van der Waals surface area contributed by atoms with Crippen LogP contribution in [0.25, 0.3) is 11.1 Å². The van der Waals surface area contributed by atoms with E-state index in [1.54, 1.807) is 62.4 Å². The molecule has 0 bridgehead atoms. The lowest BCUT2D eigenvalue weighted by molar-refractivity contribution is -0.304. The molecule has 0 unspecified atom stereocenters. The third-order valence-electron chi connectivity index (χ3n) is 8.09. The Balaban J connectivity index is 1.57. The van der Waals surface area contributed by atoms with Gasteiger partial charge in [-0.25, -0.2) is 14.0 Å². The Morgan fingerprint density at radius 2 is 1.42 bits per heavy atom. The minimum Gasteiger partial charge on any atom is -0.461 e. The van der Waals surface area contributed by atoms with Gasteiger partial charge in [0.1, 0.15) is 17.7 Å². The lowest BCUT2D eigenvalue weighted by Gasteiger charge is -2.48. The summed E-state index contributed by atoms with van der Waals surface area (Å²) >= 11 is 0. The summed E-state index contributed by atoms with van der Waals surface area (Å²) in [5.74, 6) is -6.41. The largest absolute Gasteiger partial charge is 0.461 e. The molecule has 1 amide bonds. The maximum Gasteiger partial charge on any atom is 0.338 e. The molecule has 9 nitrogen and oxygen atoms in total. The van der Waals surface area contributed by atoms with E-state index >= 15 is 8.78 Å². The zero-order valence-electron chi connectivity index (χ0n) is 27.7. The average Bonchev–Trinajstić information content (AvgIpc) is 3.09. The van der Waals surface area contributed by atoms with Crippen LogP contribution in [-0.4, -0.2) is 61.7 Å². The summed E-state index contributed by atoms with van der Waals surface area (Å²) in [7, 11) is 1.39. The van der Waals surface area contributed by atoms with E-state index in [9.17, 15) is 18.8 Å². The summed E-state index contributed by atoms with van der Waals surface area (Å²) < 4.78 is 75.6. The molecule has 0 saturated carbocycles. The number of carbonyl (C=O) groups excluding carboxylic acids is 3. The minimum absolute atomic E-state index is 0.0195. The smallest absolute Gasteiger partial charge is 0.338 e. The predicted octanol–water partition coefficient (Wildman–Crippen LogP) is 6.70. The van der Waals surface area contributed by atoms with Gasteiger partial charge >= 0.3 is 11.9 Å². The van der Waals surface area contributed by atoms with Gasteiger partial charge in [0.2, 0.25) is 18.3 Å². The highest BCUT2D eigenvalue weighted by Crippen LogP contribution is 2.40. The van der Waals surface area contributed by atoms with E-state index in [1.165, 1.54) is 49.6 Å². The average molecular weight is 692 g/mol. The van der Waals surface area contributed by atoms with Crippen LogP contribution in [0.2, 0.25) is 0 Å². The first kappa shape index (κ1) is 36.1. The number of rotatable bonds is 11. The van der Waals surface area contributed by atoms with Crippen molar-refractivity contribution in [1.82, 2.24) is 5.32 Å². The van der Waals surface area contributed by atoms with E-state index in [1.807, 2.05) is 0 Å². The highest BCUT2D eigenvalue weighted by Gasteiger charge is 2.55. The Morgan fingerprint density at radius 1 is 0.820 bits per heavy atom. The lowest BCUT2D eigenvalue weighted by Crippen LogP contribution is -2.66. The molecule has 4 atom stereocenters. The van der Waals surface area contributed by atoms with E-state index in [-0.39, 0.29) is 28.0 Å². The summed E-state index contributed by atoms with van der Waals surface area (Å²) in [6.07, 6.45) is -5.16. The quantitative estimate of drug-likeness (QED) is 0.173. The fourth-order valence-electron chi connectivity index (χ4n) is 5.72. The molecule has 0 aromatic heterocycles. The normalized spacial score (nSPS) is 20.0. The van der Waals surface area contributed by atoms with Crippen molar-refractivity contribution in [2.75, 3.05) is 13.7 Å². The van der Waals surface area contributed by atoms with Gasteiger partial charge in [-0.2, -0.15) is 8.78 Å². The van der Waals surface area contributed by atoms with Gasteiger partial charge in [0.25, 0.3) is 5.92 Å². The lowest BCUT2D eigenvalue weighted by atomic mass is 9.89. The SMILES string of the molecule is CO[C@@H]1[C@@H](OC(=O)c2ccccc2)[C@@H](OC(=O)c2ccccc2)[C@H](Oc2ccc(C(F)(F)CNC(C)=O)c(-c3cccc(F)c3)c2)OC1(C)C. The first-order valence-corrected chi connectivity index (χ1v) is 15.7. The highest BCUT2D eigenvalue weighted by molar-refractivity contribution is 5.90. The third kappa shape index (κ3) is 8.32. The van der Waals surface area contributed by atoms with Gasteiger partial charge in [0, 0.05) is 19.6 Å². The van der Waals surface area contributed by atoms with E-state index < -0.39 is 71.9 Å². The molecule has 4 aromatic rings. The van der Waals surface area contributed by atoms with Crippen LogP contribution in [0.3, 0.4) is 0 Å². The number of amides is 1. The third-order valence-corrected chi connectivity index (χ3v) is 8.09. The molecule has 1 fully saturated rings. The number of hydrogen-bond acceptors (Lipinski definition) is 8. The number of hydrogen-bond donors (Lipinski definition) is 1. The first-order valence-electron chi connectivity index (χ1n) is 15.7. The maximum atomic E-state index is 15.5. The zero-order chi connectivity index (χ0) is 36.1. The molecule has 12 heteroatoms. The summed E-state index contributed by atoms with van der Waals surface area (Å²) in [6, 6.07) is 25.0. The minimum atomic E-state index is -3.56. The number of benzene rings is 4. The fourth-order valence-corrected chi connectivity index (χ4v) is 5.72. The molecule has 0 spiro atoms. The predicted molar refractivity (Wildman–Crippen MR) is 176 cm³/mol. The molecule has 1 aliphatic heterocycles. The Bertz CT molecular complexity index is 1820. The number of nitrogens with one attached hydrogen (secondary N) is 1. The van der Waals surface area contributed by atoms with Crippen LogP contribution in [0.5, 0.6) is 5.75 Å². The van der Waals surface area contributed by atoms with Crippen molar-refractivity contribution in [3.8, 4) is 16.9 Å².